The minimum absolute atomic E-state index is 0.0183. The van der Waals surface area contributed by atoms with Crippen LogP contribution >= 0.6 is 0 Å². The van der Waals surface area contributed by atoms with Gasteiger partial charge in [-0.15, -0.1) is 0 Å². The maximum absolute atomic E-state index is 14.6. The van der Waals surface area contributed by atoms with E-state index >= 15 is 0 Å². The highest BCUT2D eigenvalue weighted by Gasteiger charge is 2.22. The van der Waals surface area contributed by atoms with Crippen LogP contribution in [0.25, 0.3) is 0 Å². The summed E-state index contributed by atoms with van der Waals surface area (Å²) in [7, 11) is 1.53. The molecule has 10 heteroatoms. The number of benzene rings is 2. The summed E-state index contributed by atoms with van der Waals surface area (Å²) in [6.45, 7) is 1.77. The predicted octanol–water partition coefficient (Wildman–Crippen LogP) is 2.78. The van der Waals surface area contributed by atoms with E-state index in [1.165, 1.54) is 30.4 Å². The summed E-state index contributed by atoms with van der Waals surface area (Å²) >= 11 is 0. The molecule has 0 saturated carbocycles. The monoisotopic (exact) mass is 450 g/mol. The first-order chi connectivity index (χ1) is 15.8. The normalized spacial score (nSPS) is 13.1. The largest absolute Gasteiger partial charge is 0.371 e. The molecular formula is C23H23FN6O3. The zero-order valence-electron chi connectivity index (χ0n) is 18.0. The lowest BCUT2D eigenvalue weighted by molar-refractivity contribution is 0.0958. The third-order valence-electron chi connectivity index (χ3n) is 5.57. The number of carbonyl (C=O) groups is 3. The van der Waals surface area contributed by atoms with Crippen LogP contribution in [0.5, 0.6) is 0 Å². The highest BCUT2D eigenvalue weighted by Crippen LogP contribution is 2.24. The first-order valence-corrected chi connectivity index (χ1v) is 10.4. The lowest BCUT2D eigenvalue weighted by Crippen LogP contribution is -2.29. The number of hydrogen-bond donors (Lipinski definition) is 3. The standard InChI is InChI=1S/C23H23FN6O3/c1-29(23(33)20-19(21(25)31)26-13-27-20)15-6-4-14(5-7-15)28-22(32)17-9-8-16(12-18(17)24)30-10-2-3-11-30/h4-9,12-13H,2-3,10-11H2,1H3,(H2,25,31)(H,26,27)(H,28,32). The number of amides is 3. The number of hydrogen-bond acceptors (Lipinski definition) is 5. The van der Waals surface area contributed by atoms with Gasteiger partial charge in [0, 0.05) is 37.2 Å². The number of nitrogens with one attached hydrogen (secondary N) is 2. The minimum Gasteiger partial charge on any atom is -0.371 e. The van der Waals surface area contributed by atoms with Gasteiger partial charge in [-0.2, -0.15) is 0 Å². The number of primary amides is 1. The molecule has 4 rings (SSSR count). The second-order valence-corrected chi connectivity index (χ2v) is 7.71. The van der Waals surface area contributed by atoms with Crippen molar-refractivity contribution >= 4 is 34.8 Å². The highest BCUT2D eigenvalue weighted by molar-refractivity contribution is 6.11. The molecule has 0 radical (unpaired) electrons. The van der Waals surface area contributed by atoms with Gasteiger partial charge in [-0.25, -0.2) is 9.37 Å². The van der Waals surface area contributed by atoms with Gasteiger partial charge in [0.2, 0.25) is 0 Å². The summed E-state index contributed by atoms with van der Waals surface area (Å²) in [6, 6.07) is 11.0. The second-order valence-electron chi connectivity index (χ2n) is 7.71. The number of halogens is 1. The van der Waals surface area contributed by atoms with Crippen LogP contribution in [-0.4, -0.2) is 47.8 Å². The van der Waals surface area contributed by atoms with Crippen LogP contribution in [0.4, 0.5) is 21.5 Å². The van der Waals surface area contributed by atoms with Gasteiger partial charge in [0.15, 0.2) is 5.69 Å². The molecule has 0 spiro atoms. The summed E-state index contributed by atoms with van der Waals surface area (Å²) in [4.78, 5) is 46.4. The van der Waals surface area contributed by atoms with Crippen LogP contribution in [0, 0.1) is 5.82 Å². The van der Waals surface area contributed by atoms with Crippen molar-refractivity contribution in [2.24, 2.45) is 5.73 Å². The smallest absolute Gasteiger partial charge is 0.276 e. The fourth-order valence-electron chi connectivity index (χ4n) is 3.76. The van der Waals surface area contributed by atoms with Crippen LogP contribution < -0.4 is 20.9 Å². The number of anilines is 3. The Balaban J connectivity index is 1.44. The van der Waals surface area contributed by atoms with E-state index in [1.807, 2.05) is 0 Å². The van der Waals surface area contributed by atoms with Crippen LogP contribution in [-0.2, 0) is 0 Å². The molecule has 4 N–H and O–H groups in total. The van der Waals surface area contributed by atoms with E-state index in [9.17, 15) is 18.8 Å². The Morgan fingerprint density at radius 1 is 1.12 bits per heavy atom. The molecule has 170 valence electrons. The molecule has 3 amide bonds. The lowest BCUT2D eigenvalue weighted by Gasteiger charge is -2.18. The Labute approximate surface area is 189 Å². The summed E-state index contributed by atoms with van der Waals surface area (Å²) < 4.78 is 14.6. The highest BCUT2D eigenvalue weighted by atomic mass is 19.1. The van der Waals surface area contributed by atoms with Crippen molar-refractivity contribution in [1.29, 1.82) is 0 Å². The van der Waals surface area contributed by atoms with Crippen molar-refractivity contribution in [3.63, 3.8) is 0 Å². The fourth-order valence-corrected chi connectivity index (χ4v) is 3.76. The van der Waals surface area contributed by atoms with E-state index in [0.29, 0.717) is 11.4 Å². The van der Waals surface area contributed by atoms with Gasteiger partial charge in [0.25, 0.3) is 17.7 Å². The molecule has 0 aliphatic carbocycles. The topological polar surface area (TPSA) is 124 Å². The number of carbonyl (C=O) groups excluding carboxylic acids is 3. The fraction of sp³-hybridized carbons (Fsp3) is 0.217. The molecule has 0 bridgehead atoms. The van der Waals surface area contributed by atoms with Crippen molar-refractivity contribution in [2.45, 2.75) is 12.8 Å². The second kappa shape index (κ2) is 9.11. The van der Waals surface area contributed by atoms with Gasteiger partial charge in [0.05, 0.1) is 11.9 Å². The lowest BCUT2D eigenvalue weighted by atomic mass is 10.1. The molecule has 0 atom stereocenters. The molecule has 0 unspecified atom stereocenters. The van der Waals surface area contributed by atoms with Gasteiger partial charge in [-0.3, -0.25) is 14.4 Å². The summed E-state index contributed by atoms with van der Waals surface area (Å²) in [5.74, 6) is -2.46. The molecule has 1 aromatic heterocycles. The molecule has 2 aromatic carbocycles. The molecule has 9 nitrogen and oxygen atoms in total. The molecule has 3 aromatic rings. The first-order valence-electron chi connectivity index (χ1n) is 10.4. The zero-order valence-corrected chi connectivity index (χ0v) is 18.0. The third-order valence-corrected chi connectivity index (χ3v) is 5.57. The zero-order chi connectivity index (χ0) is 23.5. The van der Waals surface area contributed by atoms with E-state index in [-0.39, 0.29) is 17.0 Å². The van der Waals surface area contributed by atoms with Gasteiger partial charge in [-0.1, -0.05) is 0 Å². The van der Waals surface area contributed by atoms with Gasteiger partial charge in [-0.05, 0) is 55.3 Å². The molecule has 33 heavy (non-hydrogen) atoms. The number of H-pyrrole nitrogens is 1. The number of aromatic nitrogens is 2. The van der Waals surface area contributed by atoms with Crippen LogP contribution in [0.1, 0.15) is 44.2 Å². The van der Waals surface area contributed by atoms with Crippen molar-refractivity contribution in [3.8, 4) is 0 Å². The van der Waals surface area contributed by atoms with E-state index in [0.717, 1.165) is 31.6 Å². The quantitative estimate of drug-likeness (QED) is 0.533. The predicted molar refractivity (Wildman–Crippen MR) is 122 cm³/mol. The Kier molecular flexibility index (Phi) is 6.07. The Morgan fingerprint density at radius 2 is 1.82 bits per heavy atom. The molecule has 2 heterocycles. The Hall–Kier alpha value is -4.21. The SMILES string of the molecule is CN(C(=O)c1[nH]cnc1C(N)=O)c1ccc(NC(=O)c2ccc(N3CCCC3)cc2F)cc1. The summed E-state index contributed by atoms with van der Waals surface area (Å²) in [5.41, 5.74) is 6.74. The number of nitrogens with two attached hydrogens (primary N) is 1. The first kappa shape index (κ1) is 22.0. The molecule has 1 saturated heterocycles. The number of aromatic amines is 1. The van der Waals surface area contributed by atoms with Crippen molar-refractivity contribution < 1.29 is 18.8 Å². The van der Waals surface area contributed by atoms with Gasteiger partial charge >= 0.3 is 0 Å². The van der Waals surface area contributed by atoms with Crippen molar-refractivity contribution in [2.75, 3.05) is 35.3 Å². The average molecular weight is 450 g/mol. The van der Waals surface area contributed by atoms with Crippen molar-refractivity contribution in [1.82, 2.24) is 9.97 Å². The van der Waals surface area contributed by atoms with Crippen LogP contribution in [0.2, 0.25) is 0 Å². The van der Waals surface area contributed by atoms with Crippen molar-refractivity contribution in [3.05, 3.63) is 71.6 Å². The Morgan fingerprint density at radius 3 is 2.45 bits per heavy atom. The van der Waals surface area contributed by atoms with Crippen LogP contribution in [0.3, 0.4) is 0 Å². The maximum atomic E-state index is 14.6. The van der Waals surface area contributed by atoms with Gasteiger partial charge in [0.1, 0.15) is 11.5 Å². The Bertz CT molecular complexity index is 1200. The minimum atomic E-state index is -0.813. The van der Waals surface area contributed by atoms with Gasteiger partial charge < -0.3 is 25.8 Å². The summed E-state index contributed by atoms with van der Waals surface area (Å²) in [5, 5.41) is 2.66. The summed E-state index contributed by atoms with van der Waals surface area (Å²) in [6.07, 6.45) is 3.38. The van der Waals surface area contributed by atoms with E-state index in [1.54, 1.807) is 30.3 Å². The molecule has 1 aliphatic rings. The molecular weight excluding hydrogens is 427 g/mol. The maximum Gasteiger partial charge on any atom is 0.276 e. The number of rotatable bonds is 6. The third kappa shape index (κ3) is 4.54. The van der Waals surface area contributed by atoms with Crippen LogP contribution in [0.15, 0.2) is 48.8 Å². The average Bonchev–Trinajstić information content (AvgIpc) is 3.51. The van der Waals surface area contributed by atoms with E-state index < -0.39 is 23.5 Å². The number of nitrogens with zero attached hydrogens (tertiary/aromatic N) is 3. The number of imidazole rings is 1. The molecule has 1 fully saturated rings. The van der Waals surface area contributed by atoms with E-state index in [2.05, 4.69) is 20.2 Å². The van der Waals surface area contributed by atoms with E-state index in [4.69, 9.17) is 5.73 Å². The molecule has 1 aliphatic heterocycles.